The number of hydrogen-bond acceptors (Lipinski definition) is 5. The predicted molar refractivity (Wildman–Crippen MR) is 137 cm³/mol. The number of hydrogen-bond donors (Lipinski definition) is 3. The molecule has 6 rings (SSSR count). The zero-order valence-electron chi connectivity index (χ0n) is 19.2. The van der Waals surface area contributed by atoms with Gasteiger partial charge >= 0.3 is 0 Å². The molecule has 9 heteroatoms. The van der Waals surface area contributed by atoms with Gasteiger partial charge in [-0.15, -0.1) is 0 Å². The monoisotopic (exact) mass is 477 g/mol. The number of carbonyl (C=O) groups excluding carboxylic acids is 1. The van der Waals surface area contributed by atoms with Crippen LogP contribution < -0.4 is 5.32 Å². The Morgan fingerprint density at radius 1 is 0.917 bits per heavy atom. The van der Waals surface area contributed by atoms with Crippen molar-refractivity contribution in [3.63, 3.8) is 0 Å². The number of amides is 1. The normalized spacial score (nSPS) is 11.3. The van der Waals surface area contributed by atoms with Gasteiger partial charge in [0.25, 0.3) is 0 Å². The second-order valence-electron chi connectivity index (χ2n) is 8.36. The zero-order chi connectivity index (χ0) is 24.6. The molecule has 0 saturated heterocycles. The number of H-pyrrole nitrogens is 2. The van der Waals surface area contributed by atoms with Crippen LogP contribution in [0.1, 0.15) is 13.3 Å². The summed E-state index contributed by atoms with van der Waals surface area (Å²) in [6.45, 7) is 1.80. The van der Waals surface area contributed by atoms with E-state index in [0.29, 0.717) is 17.8 Å². The summed E-state index contributed by atoms with van der Waals surface area (Å²) >= 11 is 0. The van der Waals surface area contributed by atoms with E-state index in [0.717, 1.165) is 50.0 Å². The van der Waals surface area contributed by atoms with E-state index in [9.17, 15) is 9.18 Å². The van der Waals surface area contributed by atoms with Gasteiger partial charge in [-0.25, -0.2) is 4.39 Å². The summed E-state index contributed by atoms with van der Waals surface area (Å²) in [5.74, 6) is -0.371. The van der Waals surface area contributed by atoms with Gasteiger partial charge in [-0.2, -0.15) is 5.10 Å². The fraction of sp³-hybridized carbons (Fsp3) is 0.0741. The number of aromatic amines is 2. The van der Waals surface area contributed by atoms with Crippen LogP contribution in [-0.4, -0.2) is 36.0 Å². The largest absolute Gasteiger partial charge is 0.353 e. The summed E-state index contributed by atoms with van der Waals surface area (Å²) in [4.78, 5) is 28.6. The summed E-state index contributed by atoms with van der Waals surface area (Å²) < 4.78 is 13.4. The van der Waals surface area contributed by atoms with Crippen LogP contribution in [0.4, 0.5) is 10.1 Å². The van der Waals surface area contributed by atoms with Gasteiger partial charge in [0.15, 0.2) is 0 Å². The molecule has 5 heterocycles. The van der Waals surface area contributed by atoms with E-state index in [1.807, 2.05) is 24.3 Å². The Bertz CT molecular complexity index is 1740. The highest BCUT2D eigenvalue weighted by atomic mass is 19.1. The van der Waals surface area contributed by atoms with Crippen molar-refractivity contribution in [2.24, 2.45) is 0 Å². The molecule has 0 fully saturated rings. The Balaban J connectivity index is 1.42. The average Bonchev–Trinajstić information content (AvgIpc) is 3.53. The van der Waals surface area contributed by atoms with Gasteiger partial charge in [-0.05, 0) is 48.5 Å². The Hall–Kier alpha value is -4.92. The number of benzene rings is 1. The lowest BCUT2D eigenvalue weighted by molar-refractivity contribution is -0.115. The highest BCUT2D eigenvalue weighted by Crippen LogP contribution is 2.34. The lowest BCUT2D eigenvalue weighted by atomic mass is 10.1. The molecule has 0 aliphatic heterocycles. The lowest BCUT2D eigenvalue weighted by Crippen LogP contribution is -2.09. The number of nitrogens with zero attached hydrogens (tertiary/aromatic N) is 4. The van der Waals surface area contributed by atoms with E-state index in [1.54, 1.807) is 43.8 Å². The number of anilines is 1. The van der Waals surface area contributed by atoms with Gasteiger partial charge in [0.2, 0.25) is 5.91 Å². The predicted octanol–water partition coefficient (Wildman–Crippen LogP) is 5.72. The molecule has 0 atom stereocenters. The summed E-state index contributed by atoms with van der Waals surface area (Å²) in [5.41, 5.74) is 6.91. The van der Waals surface area contributed by atoms with Crippen molar-refractivity contribution in [3.8, 4) is 33.9 Å². The number of nitrogens with one attached hydrogen (secondary N) is 3. The minimum absolute atomic E-state index is 0.0808. The Labute approximate surface area is 204 Å². The van der Waals surface area contributed by atoms with Crippen LogP contribution in [0.3, 0.4) is 0 Å². The number of fused-ring (bicyclic) bond motifs is 2. The molecule has 0 aliphatic carbocycles. The molecule has 0 aliphatic rings. The molecular formula is C27H20FN7O. The molecule has 8 nitrogen and oxygen atoms in total. The summed E-state index contributed by atoms with van der Waals surface area (Å²) in [6.07, 6.45) is 7.15. The third kappa shape index (κ3) is 3.86. The molecular weight excluding hydrogens is 457 g/mol. The first-order valence-corrected chi connectivity index (χ1v) is 11.4. The molecule has 0 saturated carbocycles. The molecule has 6 aromatic rings. The average molecular weight is 478 g/mol. The van der Waals surface area contributed by atoms with Gasteiger partial charge in [0.1, 0.15) is 11.5 Å². The topological polar surface area (TPSA) is 112 Å². The second kappa shape index (κ2) is 8.70. The quantitative estimate of drug-likeness (QED) is 0.294. The molecule has 5 aromatic heterocycles. The maximum atomic E-state index is 13.4. The zero-order valence-corrected chi connectivity index (χ0v) is 19.2. The Morgan fingerprint density at radius 3 is 2.58 bits per heavy atom. The standard InChI is InChI=1S/C27H20FN7O/c1-2-25(36)32-18-9-16(12-29-13-18)22-10-20-24(14-31-22)34-35-27(20)23-11-19-21(33-23)7-8-30-26(19)15-3-5-17(28)6-4-15/h3-14,33H,2H2,1H3,(H,32,36)(H,34,35). The van der Waals surface area contributed by atoms with Crippen molar-refractivity contribution >= 4 is 33.4 Å². The van der Waals surface area contributed by atoms with Crippen molar-refractivity contribution in [3.05, 3.63) is 79.1 Å². The summed E-state index contributed by atoms with van der Waals surface area (Å²) in [7, 11) is 0. The number of aromatic nitrogens is 6. The minimum atomic E-state index is -0.290. The summed E-state index contributed by atoms with van der Waals surface area (Å²) in [6, 6.07) is 14.0. The van der Waals surface area contributed by atoms with Gasteiger partial charge < -0.3 is 10.3 Å². The minimum Gasteiger partial charge on any atom is -0.353 e. The number of rotatable bonds is 5. The second-order valence-corrected chi connectivity index (χ2v) is 8.36. The third-order valence-corrected chi connectivity index (χ3v) is 6.01. The first-order valence-electron chi connectivity index (χ1n) is 11.4. The molecule has 0 spiro atoms. The molecule has 1 amide bonds. The third-order valence-electron chi connectivity index (χ3n) is 6.01. The van der Waals surface area contributed by atoms with Gasteiger partial charge in [-0.1, -0.05) is 6.92 Å². The van der Waals surface area contributed by atoms with Crippen molar-refractivity contribution in [2.45, 2.75) is 13.3 Å². The fourth-order valence-electron chi connectivity index (χ4n) is 4.20. The van der Waals surface area contributed by atoms with Crippen molar-refractivity contribution in [1.29, 1.82) is 0 Å². The SMILES string of the molecule is CCC(=O)Nc1cncc(-c2cc3c(-c4cc5c(-c6ccc(F)cc6)nccc5[nH]4)n[nH]c3cn2)c1. The van der Waals surface area contributed by atoms with E-state index in [4.69, 9.17) is 0 Å². The Morgan fingerprint density at radius 2 is 1.75 bits per heavy atom. The maximum absolute atomic E-state index is 13.4. The Kier molecular flexibility index (Phi) is 5.22. The van der Waals surface area contributed by atoms with E-state index < -0.39 is 0 Å². The van der Waals surface area contributed by atoms with Gasteiger partial charge in [0.05, 0.1) is 40.7 Å². The first-order chi connectivity index (χ1) is 17.6. The van der Waals surface area contributed by atoms with Crippen LogP contribution in [0, 0.1) is 5.82 Å². The van der Waals surface area contributed by atoms with Crippen LogP contribution in [-0.2, 0) is 4.79 Å². The highest BCUT2D eigenvalue weighted by molar-refractivity contribution is 6.00. The molecule has 0 bridgehead atoms. The molecule has 0 radical (unpaired) electrons. The van der Waals surface area contributed by atoms with Crippen LogP contribution in [0.15, 0.2) is 73.3 Å². The molecule has 176 valence electrons. The number of carbonyl (C=O) groups is 1. The van der Waals surface area contributed by atoms with Crippen molar-refractivity contribution in [2.75, 3.05) is 5.32 Å². The highest BCUT2D eigenvalue weighted by Gasteiger charge is 2.16. The smallest absolute Gasteiger partial charge is 0.224 e. The molecule has 36 heavy (non-hydrogen) atoms. The van der Waals surface area contributed by atoms with Gasteiger partial charge in [0, 0.05) is 46.2 Å². The van der Waals surface area contributed by atoms with E-state index >= 15 is 0 Å². The van der Waals surface area contributed by atoms with Crippen molar-refractivity contribution < 1.29 is 9.18 Å². The first kappa shape index (κ1) is 21.6. The number of halogens is 1. The van der Waals surface area contributed by atoms with Crippen LogP contribution in [0.5, 0.6) is 0 Å². The van der Waals surface area contributed by atoms with E-state index in [-0.39, 0.29) is 11.7 Å². The van der Waals surface area contributed by atoms with Crippen LogP contribution in [0.25, 0.3) is 55.7 Å². The maximum Gasteiger partial charge on any atom is 0.224 e. The van der Waals surface area contributed by atoms with E-state index in [2.05, 4.69) is 35.5 Å². The van der Waals surface area contributed by atoms with Crippen molar-refractivity contribution in [1.82, 2.24) is 30.1 Å². The molecule has 1 aromatic carbocycles. The van der Waals surface area contributed by atoms with Crippen LogP contribution in [0.2, 0.25) is 0 Å². The van der Waals surface area contributed by atoms with Crippen LogP contribution >= 0.6 is 0 Å². The van der Waals surface area contributed by atoms with E-state index in [1.165, 1.54) is 12.1 Å². The molecule has 3 N–H and O–H groups in total. The number of pyridine rings is 3. The summed E-state index contributed by atoms with van der Waals surface area (Å²) in [5, 5.41) is 12.2. The molecule has 0 unspecified atom stereocenters. The van der Waals surface area contributed by atoms with Gasteiger partial charge in [-0.3, -0.25) is 24.8 Å². The fourth-order valence-corrected chi connectivity index (χ4v) is 4.20. The lowest BCUT2D eigenvalue weighted by Gasteiger charge is -2.06.